The third-order valence-corrected chi connectivity index (χ3v) is 8.00. The zero-order valence-electron chi connectivity index (χ0n) is 27.2. The molecule has 0 radical (unpaired) electrons. The van der Waals surface area contributed by atoms with Gasteiger partial charge in [0.2, 0.25) is 5.69 Å². The molecule has 0 saturated carbocycles. The fourth-order valence-corrected chi connectivity index (χ4v) is 5.40. The number of amides is 2. The maximum Gasteiger partial charge on any atom is 0.261 e. The fraction of sp³-hybridized carbons (Fsp3) is 0.500. The second kappa shape index (κ2) is 17.6. The molecule has 1 heterocycles. The lowest BCUT2D eigenvalue weighted by atomic mass is 9.85. The normalized spacial score (nSPS) is 11.4. The smallest absolute Gasteiger partial charge is 0.261 e. The Bertz CT molecular complexity index is 1280. The molecule has 0 fully saturated rings. The monoisotopic (exact) mass is 585 g/mol. The van der Waals surface area contributed by atoms with E-state index < -0.39 is 0 Å². The average molecular weight is 586 g/mol. The third-order valence-electron chi connectivity index (χ3n) is 8.00. The lowest BCUT2D eigenvalue weighted by Crippen LogP contribution is -2.43. The van der Waals surface area contributed by atoms with Crippen LogP contribution in [0.2, 0.25) is 0 Å². The van der Waals surface area contributed by atoms with Gasteiger partial charge in [-0.15, -0.1) is 0 Å². The van der Waals surface area contributed by atoms with Crippen LogP contribution >= 0.6 is 0 Å². The molecular weight excluding hydrogens is 532 g/mol. The molecule has 0 N–H and O–H groups in total. The summed E-state index contributed by atoms with van der Waals surface area (Å²) in [6.45, 7) is 12.3. The van der Waals surface area contributed by atoms with Gasteiger partial charge in [0.15, 0.2) is 6.20 Å². The number of pyridine rings is 1. The van der Waals surface area contributed by atoms with Crippen LogP contribution in [0, 0.1) is 0 Å². The summed E-state index contributed by atoms with van der Waals surface area (Å²) in [7, 11) is 0. The van der Waals surface area contributed by atoms with E-state index in [4.69, 9.17) is 4.74 Å². The van der Waals surface area contributed by atoms with Gasteiger partial charge in [0.05, 0.1) is 6.61 Å². The minimum absolute atomic E-state index is 0.184. The first kappa shape index (κ1) is 34.0. The summed E-state index contributed by atoms with van der Waals surface area (Å²) in [5.74, 6) is 0.190. The van der Waals surface area contributed by atoms with Crippen LogP contribution in [0.15, 0.2) is 72.9 Å². The molecule has 3 rings (SSSR count). The van der Waals surface area contributed by atoms with E-state index in [1.165, 1.54) is 62.7 Å². The van der Waals surface area contributed by atoms with Gasteiger partial charge in [0.25, 0.3) is 11.8 Å². The van der Waals surface area contributed by atoms with Crippen molar-refractivity contribution in [3.63, 3.8) is 0 Å². The summed E-state index contributed by atoms with van der Waals surface area (Å²) >= 11 is 0. The molecule has 0 saturated heterocycles. The van der Waals surface area contributed by atoms with Crippen molar-refractivity contribution in [2.75, 3.05) is 6.61 Å². The highest BCUT2D eigenvalue weighted by atomic mass is 16.5. The summed E-state index contributed by atoms with van der Waals surface area (Å²) in [6, 6.07) is 20.5. The minimum Gasteiger partial charge on any atom is -0.493 e. The highest BCUT2D eigenvalue weighted by Gasteiger charge is 2.29. The van der Waals surface area contributed by atoms with Crippen molar-refractivity contribution in [3.05, 3.63) is 95.3 Å². The molecule has 0 atom stereocenters. The van der Waals surface area contributed by atoms with E-state index in [9.17, 15) is 9.59 Å². The van der Waals surface area contributed by atoms with Gasteiger partial charge in [0, 0.05) is 28.8 Å². The molecule has 1 aromatic heterocycles. The molecule has 3 aromatic rings. The zero-order chi connectivity index (χ0) is 31.1. The van der Waals surface area contributed by atoms with Crippen molar-refractivity contribution < 1.29 is 18.9 Å². The van der Waals surface area contributed by atoms with Crippen LogP contribution < -0.4 is 9.30 Å². The predicted octanol–water partition coefficient (Wildman–Crippen LogP) is 9.07. The van der Waals surface area contributed by atoms with Crippen molar-refractivity contribution >= 4 is 11.8 Å². The molecule has 232 valence electrons. The van der Waals surface area contributed by atoms with Gasteiger partial charge in [-0.1, -0.05) is 110 Å². The number of imide groups is 1. The predicted molar refractivity (Wildman–Crippen MR) is 175 cm³/mol. The van der Waals surface area contributed by atoms with Gasteiger partial charge in [-0.3, -0.25) is 14.5 Å². The number of ether oxygens (including phenoxy) is 1. The van der Waals surface area contributed by atoms with E-state index in [2.05, 4.69) is 39.2 Å². The van der Waals surface area contributed by atoms with Crippen molar-refractivity contribution in [2.24, 2.45) is 0 Å². The Morgan fingerprint density at radius 1 is 0.721 bits per heavy atom. The number of nitrogens with zero attached hydrogens (tertiary/aromatic N) is 2. The Morgan fingerprint density at radius 3 is 1.95 bits per heavy atom. The van der Waals surface area contributed by atoms with E-state index >= 15 is 0 Å². The number of benzene rings is 2. The van der Waals surface area contributed by atoms with E-state index in [0.717, 1.165) is 30.0 Å². The lowest BCUT2D eigenvalue weighted by molar-refractivity contribution is -0.701. The third kappa shape index (κ3) is 10.6. The summed E-state index contributed by atoms with van der Waals surface area (Å²) in [5.41, 5.74) is 2.61. The highest BCUT2D eigenvalue weighted by Crippen LogP contribution is 2.33. The average Bonchev–Trinajstić information content (AvgIpc) is 3.02. The second-order valence-corrected chi connectivity index (χ2v) is 12.5. The maximum absolute atomic E-state index is 14.1. The second-order valence-electron chi connectivity index (χ2n) is 12.5. The molecule has 2 amide bonds. The van der Waals surface area contributed by atoms with E-state index in [1.54, 1.807) is 18.2 Å². The number of rotatable bonds is 17. The maximum atomic E-state index is 14.1. The number of unbranched alkanes of at least 4 members (excludes halogenated alkanes) is 9. The zero-order valence-corrected chi connectivity index (χ0v) is 27.2. The molecule has 0 unspecified atom stereocenters. The lowest BCUT2D eigenvalue weighted by Gasteiger charge is -2.25. The van der Waals surface area contributed by atoms with Crippen LogP contribution in [-0.2, 0) is 18.5 Å². The molecule has 2 aromatic carbocycles. The van der Waals surface area contributed by atoms with Crippen LogP contribution in [0.1, 0.15) is 131 Å². The van der Waals surface area contributed by atoms with Gasteiger partial charge < -0.3 is 4.74 Å². The first-order valence-corrected chi connectivity index (χ1v) is 16.4. The molecule has 0 spiro atoms. The van der Waals surface area contributed by atoms with Crippen molar-refractivity contribution in [3.8, 4) is 5.75 Å². The molecule has 43 heavy (non-hydrogen) atoms. The van der Waals surface area contributed by atoms with Gasteiger partial charge in [-0.05, 0) is 49.1 Å². The summed E-state index contributed by atoms with van der Waals surface area (Å²) in [5, 5.41) is 0. The largest absolute Gasteiger partial charge is 0.493 e. The van der Waals surface area contributed by atoms with Crippen molar-refractivity contribution in [1.82, 2.24) is 4.90 Å². The standard InChI is InChI=1S/C38H53N2O3/c1-6-8-9-10-11-12-13-14-15-21-28-43-35-26-25-32(29-34(35)38(3,4)5)37(42)40(36(41)31-22-17-16-18-23-31)30-33-24-19-20-27-39(33)7-2/h16-20,22-27,29H,6-15,21,28,30H2,1-5H3/q+1. The Balaban J connectivity index is 1.72. The van der Waals surface area contributed by atoms with Crippen molar-refractivity contribution in [1.29, 1.82) is 0 Å². The first-order valence-electron chi connectivity index (χ1n) is 16.4. The van der Waals surface area contributed by atoms with Crippen LogP contribution in [0.5, 0.6) is 5.75 Å². The quantitative estimate of drug-likeness (QED) is 0.0902. The molecule has 0 bridgehead atoms. The number of aryl methyl sites for hydroxylation is 1. The molecule has 0 aliphatic carbocycles. The van der Waals surface area contributed by atoms with E-state index in [0.29, 0.717) is 17.7 Å². The summed E-state index contributed by atoms with van der Waals surface area (Å²) in [6.07, 6.45) is 14.8. The summed E-state index contributed by atoms with van der Waals surface area (Å²) < 4.78 is 8.34. The first-order chi connectivity index (χ1) is 20.8. The topological polar surface area (TPSA) is 50.5 Å². The molecule has 0 aliphatic heterocycles. The van der Waals surface area contributed by atoms with Gasteiger partial charge >= 0.3 is 0 Å². The number of carbonyl (C=O) groups is 2. The fourth-order valence-electron chi connectivity index (χ4n) is 5.40. The molecular formula is C38H53N2O3+. The molecule has 5 nitrogen and oxygen atoms in total. The van der Waals surface area contributed by atoms with Crippen LogP contribution in [0.4, 0.5) is 0 Å². The number of carbonyl (C=O) groups excluding carboxylic acids is 2. The minimum atomic E-state index is -0.313. The van der Waals surface area contributed by atoms with Crippen LogP contribution in [0.3, 0.4) is 0 Å². The number of aromatic nitrogens is 1. The Morgan fingerprint density at radius 2 is 1.33 bits per heavy atom. The van der Waals surface area contributed by atoms with Crippen molar-refractivity contribution in [2.45, 2.75) is 117 Å². The van der Waals surface area contributed by atoms with Gasteiger partial charge in [-0.2, -0.15) is 0 Å². The number of hydrogen-bond acceptors (Lipinski definition) is 3. The summed E-state index contributed by atoms with van der Waals surface area (Å²) in [4.78, 5) is 29.1. The van der Waals surface area contributed by atoms with Gasteiger partial charge in [-0.25, -0.2) is 4.57 Å². The van der Waals surface area contributed by atoms with E-state index in [1.807, 2.05) is 54.7 Å². The van der Waals surface area contributed by atoms with E-state index in [-0.39, 0.29) is 23.8 Å². The van der Waals surface area contributed by atoms with Gasteiger partial charge in [0.1, 0.15) is 18.8 Å². The SMILES string of the molecule is CCCCCCCCCCCCOc1ccc(C(=O)N(Cc2cccc[n+]2CC)C(=O)c2ccccc2)cc1C(C)(C)C. The molecule has 5 heteroatoms. The Hall–Kier alpha value is -3.47. The highest BCUT2D eigenvalue weighted by molar-refractivity contribution is 6.10. The Labute approximate surface area is 260 Å². The van der Waals surface area contributed by atoms with Crippen LogP contribution in [0.25, 0.3) is 0 Å². The number of hydrogen-bond donors (Lipinski definition) is 0. The van der Waals surface area contributed by atoms with Crippen LogP contribution in [-0.4, -0.2) is 23.3 Å². The Kier molecular flexibility index (Phi) is 13.9. The molecule has 0 aliphatic rings.